The molecule has 0 spiro atoms. The molecule has 0 aliphatic heterocycles. The van der Waals surface area contributed by atoms with Gasteiger partial charge < -0.3 is 21.9 Å². The van der Waals surface area contributed by atoms with Gasteiger partial charge in [0.05, 0.1) is 6.10 Å². The summed E-state index contributed by atoms with van der Waals surface area (Å²) in [6.07, 6.45) is 13.0. The number of aliphatic hydroxyl groups excluding tert-OH is 1. The fourth-order valence-corrected chi connectivity index (χ4v) is 11.3. The topological polar surface area (TPSA) is 105 Å². The Kier molecular flexibility index (Phi) is 11.0. The predicted molar refractivity (Wildman–Crippen MR) is 170 cm³/mol. The summed E-state index contributed by atoms with van der Waals surface area (Å²) in [5.41, 5.74) is 12.6. The van der Waals surface area contributed by atoms with Crippen molar-refractivity contribution in [2.45, 2.75) is 118 Å². The maximum atomic E-state index is 13.9. The van der Waals surface area contributed by atoms with Crippen molar-refractivity contribution < 1.29 is 9.90 Å². The smallest absolute Gasteiger partial charge is 0.223 e. The Morgan fingerprint density at radius 3 is 2.24 bits per heavy atom. The van der Waals surface area contributed by atoms with Crippen LogP contribution in [0.1, 0.15) is 112 Å². The van der Waals surface area contributed by atoms with Crippen molar-refractivity contribution in [3.63, 3.8) is 0 Å². The van der Waals surface area contributed by atoms with Crippen LogP contribution in [0.15, 0.2) is 0 Å². The average molecular weight is 575 g/mol. The van der Waals surface area contributed by atoms with Gasteiger partial charge >= 0.3 is 0 Å². The van der Waals surface area contributed by atoms with E-state index in [2.05, 4.69) is 51.8 Å². The molecule has 4 aliphatic carbocycles. The first kappa shape index (κ1) is 33.2. The molecule has 4 fully saturated rings. The first-order valence-corrected chi connectivity index (χ1v) is 17.5. The molecular formula is C35H66N4O2. The Morgan fingerprint density at radius 1 is 0.902 bits per heavy atom. The molecule has 0 heterocycles. The number of carbonyl (C=O) groups is 1. The van der Waals surface area contributed by atoms with E-state index in [4.69, 9.17) is 11.5 Å². The second kappa shape index (κ2) is 13.5. The van der Waals surface area contributed by atoms with Crippen molar-refractivity contribution in [1.29, 1.82) is 0 Å². The van der Waals surface area contributed by atoms with Crippen molar-refractivity contribution in [3.05, 3.63) is 0 Å². The number of hydrogen-bond acceptors (Lipinski definition) is 5. The monoisotopic (exact) mass is 575 g/mol. The molecule has 238 valence electrons. The lowest BCUT2D eigenvalue weighted by atomic mass is 9.37. The second-order valence-corrected chi connectivity index (χ2v) is 16.0. The molecule has 4 aliphatic rings. The average Bonchev–Trinajstić information content (AvgIpc) is 3.27. The van der Waals surface area contributed by atoms with Gasteiger partial charge in [0, 0.05) is 45.2 Å². The number of nitrogens with one attached hydrogen (secondary N) is 1. The van der Waals surface area contributed by atoms with Crippen molar-refractivity contribution in [3.8, 4) is 0 Å². The lowest BCUT2D eigenvalue weighted by Gasteiger charge is -2.68. The van der Waals surface area contributed by atoms with Gasteiger partial charge in [0.2, 0.25) is 5.91 Å². The van der Waals surface area contributed by atoms with Gasteiger partial charge in [-0.1, -0.05) is 54.4 Å². The summed E-state index contributed by atoms with van der Waals surface area (Å²) < 4.78 is 0. The molecule has 0 aromatic carbocycles. The number of rotatable bonds is 13. The number of amides is 1. The van der Waals surface area contributed by atoms with Gasteiger partial charge in [-0.05, 0) is 110 Å². The fourth-order valence-electron chi connectivity index (χ4n) is 11.3. The number of fused-ring (bicyclic) bond motifs is 5. The third-order valence-corrected chi connectivity index (χ3v) is 13.8. The first-order valence-electron chi connectivity index (χ1n) is 17.5. The van der Waals surface area contributed by atoms with Crippen LogP contribution in [0.25, 0.3) is 0 Å². The summed E-state index contributed by atoms with van der Waals surface area (Å²) in [6, 6.07) is 0. The van der Waals surface area contributed by atoms with Crippen molar-refractivity contribution in [2.24, 2.45) is 69.1 Å². The largest absolute Gasteiger partial charge is 0.393 e. The minimum atomic E-state index is -0.122. The van der Waals surface area contributed by atoms with Crippen LogP contribution in [-0.4, -0.2) is 61.3 Å². The second-order valence-electron chi connectivity index (χ2n) is 16.0. The summed E-state index contributed by atoms with van der Waals surface area (Å²) in [5, 5.41) is 14.1. The highest BCUT2D eigenvalue weighted by Gasteiger charge is 2.67. The molecule has 0 aromatic heterocycles. The molecule has 6 N–H and O–H groups in total. The van der Waals surface area contributed by atoms with Gasteiger partial charge in [-0.25, -0.2) is 0 Å². The summed E-state index contributed by atoms with van der Waals surface area (Å²) >= 11 is 0. The van der Waals surface area contributed by atoms with Crippen molar-refractivity contribution in [2.75, 3.05) is 39.3 Å². The van der Waals surface area contributed by atoms with Crippen molar-refractivity contribution >= 4 is 5.91 Å². The normalized spacial score (nSPS) is 41.1. The lowest BCUT2D eigenvalue weighted by molar-refractivity contribution is -0.203. The van der Waals surface area contributed by atoms with E-state index in [-0.39, 0.29) is 12.0 Å². The molecule has 41 heavy (non-hydrogen) atoms. The number of carbonyl (C=O) groups excluding carboxylic acids is 1. The van der Waals surface area contributed by atoms with E-state index in [1.54, 1.807) is 0 Å². The Bertz CT molecular complexity index is 861. The summed E-state index contributed by atoms with van der Waals surface area (Å²) in [6.45, 7) is 19.2. The van der Waals surface area contributed by atoms with Crippen LogP contribution < -0.4 is 16.8 Å². The molecule has 4 saturated carbocycles. The van der Waals surface area contributed by atoms with Crippen LogP contribution in [0.2, 0.25) is 0 Å². The minimum Gasteiger partial charge on any atom is -0.393 e. The zero-order valence-corrected chi connectivity index (χ0v) is 27.6. The van der Waals surface area contributed by atoms with E-state index in [0.29, 0.717) is 71.4 Å². The number of hydrogen-bond donors (Lipinski definition) is 4. The number of nitrogens with zero attached hydrogens (tertiary/aromatic N) is 1. The third-order valence-electron chi connectivity index (χ3n) is 13.8. The summed E-state index contributed by atoms with van der Waals surface area (Å²) in [5.74, 6) is 4.01. The lowest BCUT2D eigenvalue weighted by Crippen LogP contribution is -2.62. The molecule has 6 nitrogen and oxygen atoms in total. The highest BCUT2D eigenvalue weighted by atomic mass is 16.3. The molecule has 0 saturated heterocycles. The third kappa shape index (κ3) is 6.28. The van der Waals surface area contributed by atoms with Gasteiger partial charge in [0.25, 0.3) is 0 Å². The minimum absolute atomic E-state index is 0.120. The van der Waals surface area contributed by atoms with E-state index in [9.17, 15) is 9.90 Å². The van der Waals surface area contributed by atoms with Crippen LogP contribution in [0, 0.1) is 57.7 Å². The fraction of sp³-hybridized carbons (Fsp3) is 0.971. The summed E-state index contributed by atoms with van der Waals surface area (Å²) in [7, 11) is 0. The van der Waals surface area contributed by atoms with Crippen LogP contribution >= 0.6 is 0 Å². The molecule has 0 aromatic rings. The molecule has 0 radical (unpaired) electrons. The van der Waals surface area contributed by atoms with Gasteiger partial charge in [-0.3, -0.25) is 9.69 Å². The molecule has 4 rings (SSSR count). The van der Waals surface area contributed by atoms with Crippen LogP contribution in [0.5, 0.6) is 0 Å². The maximum absolute atomic E-state index is 13.9. The number of nitrogens with two attached hydrogens (primary N) is 2. The Balaban J connectivity index is 1.51. The highest BCUT2D eigenvalue weighted by Crippen LogP contribution is 2.74. The molecule has 6 heteroatoms. The van der Waals surface area contributed by atoms with E-state index in [1.807, 2.05) is 0 Å². The molecule has 1 amide bonds. The Morgan fingerprint density at radius 2 is 1.59 bits per heavy atom. The molecule has 10 atom stereocenters. The maximum Gasteiger partial charge on any atom is 0.223 e. The highest BCUT2D eigenvalue weighted by molar-refractivity contribution is 5.79. The van der Waals surface area contributed by atoms with Crippen LogP contribution in [0.3, 0.4) is 0 Å². The van der Waals surface area contributed by atoms with Gasteiger partial charge in [0.15, 0.2) is 0 Å². The quantitative estimate of drug-likeness (QED) is 0.235. The number of aliphatic hydroxyl groups is 1. The summed E-state index contributed by atoms with van der Waals surface area (Å²) in [4.78, 5) is 16.2. The predicted octanol–water partition coefficient (Wildman–Crippen LogP) is 5.42. The van der Waals surface area contributed by atoms with Crippen LogP contribution in [-0.2, 0) is 4.79 Å². The SMILES string of the molecule is CC(C)CCC[C@H](C(=O)NCCN(CCN)CCN)[C@@H]1CC[C@@]2(C)[C@H]1CC[C@H]1[C@@]3(C)CC[C@@H](O)[C@@H](C)[C@@H]3CC[C@@]12C. The molecule has 0 unspecified atom stereocenters. The van der Waals surface area contributed by atoms with Gasteiger partial charge in [-0.2, -0.15) is 0 Å². The van der Waals surface area contributed by atoms with E-state index in [0.717, 1.165) is 44.8 Å². The van der Waals surface area contributed by atoms with E-state index in [1.165, 1.54) is 51.4 Å². The molecular weight excluding hydrogens is 508 g/mol. The Labute approximate surface area is 252 Å². The van der Waals surface area contributed by atoms with Crippen molar-refractivity contribution in [1.82, 2.24) is 10.2 Å². The Hall–Kier alpha value is -0.690. The van der Waals surface area contributed by atoms with Crippen LogP contribution in [0.4, 0.5) is 0 Å². The van der Waals surface area contributed by atoms with E-state index < -0.39 is 0 Å². The first-order chi connectivity index (χ1) is 19.4. The van der Waals surface area contributed by atoms with Gasteiger partial charge in [-0.15, -0.1) is 0 Å². The zero-order chi connectivity index (χ0) is 30.0. The zero-order valence-electron chi connectivity index (χ0n) is 27.6. The van der Waals surface area contributed by atoms with Gasteiger partial charge in [0.1, 0.15) is 0 Å². The standard InChI is InChI=1S/C35H66N4O2/c1-24(2)8-7-9-27(32(41)38-20-23-39(21-18-36)22-19-37)26-12-16-34(5)29(26)10-11-31-33(4)15-14-30(40)25(3)28(33)13-17-35(31,34)6/h24-31,40H,7-23,36-37H2,1-6H3,(H,38,41)/t25-,26-,27-,28-,29-,30+,31-,33-,34-,35-/m0/s1. The van der Waals surface area contributed by atoms with E-state index >= 15 is 0 Å². The molecule has 0 bridgehead atoms.